The highest BCUT2D eigenvalue weighted by molar-refractivity contribution is 5.79. The van der Waals surface area contributed by atoms with Gasteiger partial charge in [-0.05, 0) is 50.4 Å². The van der Waals surface area contributed by atoms with Gasteiger partial charge in [0.25, 0.3) is 0 Å². The van der Waals surface area contributed by atoms with Crippen LogP contribution in [0.2, 0.25) is 0 Å². The first-order valence-corrected chi connectivity index (χ1v) is 15.9. The Kier molecular flexibility index (Phi) is 7.73. The van der Waals surface area contributed by atoms with E-state index in [1.165, 1.54) is 6.92 Å². The Bertz CT molecular complexity index is 1820. The van der Waals surface area contributed by atoms with Crippen molar-refractivity contribution in [3.05, 3.63) is 75.3 Å². The summed E-state index contributed by atoms with van der Waals surface area (Å²) in [6.45, 7) is 5.28. The fourth-order valence-corrected chi connectivity index (χ4v) is 8.37. The molecule has 0 aliphatic carbocycles. The SMILES string of the molecule is COc1c(C)cc2c(c1O)[C@@H]1C3Cc4c(OC(C)=O)c(C)c5c(c4[C@H](CNC(=O)Cc4ccccc4)N3[C@@H](C#N)[C@H](C2)N1C)OCO5. The minimum atomic E-state index is -0.570. The lowest BCUT2D eigenvalue weighted by atomic mass is 9.71. The topological polar surface area (TPSA) is 134 Å². The van der Waals surface area contributed by atoms with E-state index >= 15 is 0 Å². The molecule has 7 rings (SSSR count). The Morgan fingerprint density at radius 3 is 2.53 bits per heavy atom. The first-order chi connectivity index (χ1) is 22.6. The van der Waals surface area contributed by atoms with Crippen molar-refractivity contribution in [3.8, 4) is 34.8 Å². The smallest absolute Gasteiger partial charge is 0.308 e. The summed E-state index contributed by atoms with van der Waals surface area (Å²) in [5.41, 5.74) is 5.61. The number of nitrogens with zero attached hydrogens (tertiary/aromatic N) is 3. The lowest BCUT2D eigenvalue weighted by molar-refractivity contribution is -0.132. The number of carbonyl (C=O) groups excluding carboxylic acids is 2. The number of hydrogen-bond donors (Lipinski definition) is 2. The van der Waals surface area contributed by atoms with E-state index in [0.717, 1.165) is 33.4 Å². The van der Waals surface area contributed by atoms with Crippen LogP contribution in [0.25, 0.3) is 0 Å². The number of hydrogen-bond acceptors (Lipinski definition) is 10. The van der Waals surface area contributed by atoms with Gasteiger partial charge in [0, 0.05) is 47.8 Å². The zero-order chi connectivity index (χ0) is 33.1. The number of benzene rings is 3. The second-order valence-corrected chi connectivity index (χ2v) is 12.8. The van der Waals surface area contributed by atoms with E-state index in [-0.39, 0.29) is 49.5 Å². The number of fused-ring (bicyclic) bond motifs is 9. The first-order valence-electron chi connectivity index (χ1n) is 15.9. The van der Waals surface area contributed by atoms with Crippen LogP contribution in [0.15, 0.2) is 36.4 Å². The molecule has 11 nitrogen and oxygen atoms in total. The molecule has 4 heterocycles. The van der Waals surface area contributed by atoms with Gasteiger partial charge in [-0.3, -0.25) is 19.4 Å². The number of ether oxygens (including phenoxy) is 4. The normalized spacial score (nSPS) is 24.0. The number of nitriles is 1. The van der Waals surface area contributed by atoms with Gasteiger partial charge in [-0.2, -0.15) is 5.26 Å². The molecule has 0 radical (unpaired) electrons. The van der Waals surface area contributed by atoms with Crippen LogP contribution >= 0.6 is 0 Å². The Morgan fingerprint density at radius 1 is 1.09 bits per heavy atom. The number of nitrogens with one attached hydrogen (secondary N) is 1. The van der Waals surface area contributed by atoms with Crippen LogP contribution in [0.3, 0.4) is 0 Å². The maximum atomic E-state index is 13.4. The molecule has 2 bridgehead atoms. The lowest BCUT2D eigenvalue weighted by Crippen LogP contribution is -2.68. The third-order valence-electron chi connectivity index (χ3n) is 10.2. The molecule has 0 spiro atoms. The summed E-state index contributed by atoms with van der Waals surface area (Å²) in [5, 5.41) is 25.7. The maximum Gasteiger partial charge on any atom is 0.308 e. The number of rotatable bonds is 6. The molecule has 0 aromatic heterocycles. The zero-order valence-electron chi connectivity index (χ0n) is 27.1. The van der Waals surface area contributed by atoms with Crippen LogP contribution in [0, 0.1) is 25.2 Å². The van der Waals surface area contributed by atoms with Crippen LogP contribution in [0.4, 0.5) is 0 Å². The van der Waals surface area contributed by atoms with E-state index in [9.17, 15) is 20.0 Å². The average molecular weight is 639 g/mol. The van der Waals surface area contributed by atoms with Crippen molar-refractivity contribution in [3.63, 3.8) is 0 Å². The highest BCUT2D eigenvalue weighted by Gasteiger charge is 2.56. The number of phenolic OH excluding ortho intramolecular Hbond substituents is 1. The third kappa shape index (κ3) is 4.86. The highest BCUT2D eigenvalue weighted by Crippen LogP contribution is 2.58. The summed E-state index contributed by atoms with van der Waals surface area (Å²) in [7, 11) is 3.54. The van der Waals surface area contributed by atoms with Crippen LogP contribution in [-0.4, -0.2) is 72.4 Å². The molecule has 1 unspecified atom stereocenters. The number of amides is 1. The van der Waals surface area contributed by atoms with E-state index in [2.05, 4.69) is 27.3 Å². The van der Waals surface area contributed by atoms with Crippen molar-refractivity contribution in [2.24, 2.45) is 0 Å². The van der Waals surface area contributed by atoms with Gasteiger partial charge in [0.15, 0.2) is 23.0 Å². The van der Waals surface area contributed by atoms with Gasteiger partial charge < -0.3 is 29.4 Å². The molecule has 5 atom stereocenters. The third-order valence-corrected chi connectivity index (χ3v) is 10.2. The maximum absolute atomic E-state index is 13.4. The van der Waals surface area contributed by atoms with Crippen molar-refractivity contribution in [2.75, 3.05) is 27.5 Å². The second kappa shape index (κ2) is 11.8. The fourth-order valence-electron chi connectivity index (χ4n) is 8.37. The molecule has 4 aliphatic rings. The summed E-state index contributed by atoms with van der Waals surface area (Å²) in [6.07, 6.45) is 1.13. The molecule has 4 aliphatic heterocycles. The molecule has 1 saturated heterocycles. The molecule has 1 fully saturated rings. The monoisotopic (exact) mass is 638 g/mol. The summed E-state index contributed by atoms with van der Waals surface area (Å²) in [6, 6.07) is 12.2. The van der Waals surface area contributed by atoms with Gasteiger partial charge in [0.05, 0.1) is 31.7 Å². The van der Waals surface area contributed by atoms with Crippen LogP contribution in [0.5, 0.6) is 28.7 Å². The van der Waals surface area contributed by atoms with Crippen molar-refractivity contribution in [1.82, 2.24) is 15.1 Å². The minimum absolute atomic E-state index is 0.00128. The molecule has 3 aromatic carbocycles. The van der Waals surface area contributed by atoms with Crippen molar-refractivity contribution < 1.29 is 33.6 Å². The summed E-state index contributed by atoms with van der Waals surface area (Å²) < 4.78 is 23.6. The first kappa shape index (κ1) is 30.8. The average Bonchev–Trinajstić information content (AvgIpc) is 3.53. The molecule has 3 aromatic rings. The number of phenols is 1. The molecule has 11 heteroatoms. The number of carbonyl (C=O) groups is 2. The second-order valence-electron chi connectivity index (χ2n) is 12.8. The highest BCUT2D eigenvalue weighted by atomic mass is 16.7. The fraction of sp³-hybridized carbons (Fsp3) is 0.417. The van der Waals surface area contributed by atoms with E-state index in [1.54, 1.807) is 7.11 Å². The zero-order valence-corrected chi connectivity index (χ0v) is 27.1. The Hall–Kier alpha value is -4.79. The van der Waals surface area contributed by atoms with E-state index < -0.39 is 18.1 Å². The van der Waals surface area contributed by atoms with Crippen LogP contribution < -0.4 is 24.3 Å². The van der Waals surface area contributed by atoms with E-state index in [1.807, 2.05) is 51.2 Å². The molecular weight excluding hydrogens is 600 g/mol. The number of aryl methyl sites for hydroxylation is 1. The largest absolute Gasteiger partial charge is 0.504 e. The number of likely N-dealkylation sites (N-methyl/N-ethyl adjacent to an activating group) is 1. The summed E-state index contributed by atoms with van der Waals surface area (Å²) >= 11 is 0. The van der Waals surface area contributed by atoms with Gasteiger partial charge in [-0.1, -0.05) is 36.4 Å². The Morgan fingerprint density at radius 2 is 1.83 bits per heavy atom. The number of aromatic hydroxyl groups is 1. The van der Waals surface area contributed by atoms with Crippen LogP contribution in [-0.2, 0) is 28.9 Å². The predicted octanol–water partition coefficient (Wildman–Crippen LogP) is 3.80. The summed E-state index contributed by atoms with van der Waals surface area (Å²) in [5.74, 6) is 1.31. The molecule has 0 saturated carbocycles. The molecule has 47 heavy (non-hydrogen) atoms. The number of piperazine rings is 1. The van der Waals surface area contributed by atoms with Crippen molar-refractivity contribution >= 4 is 11.9 Å². The van der Waals surface area contributed by atoms with Gasteiger partial charge in [0.1, 0.15) is 11.8 Å². The molecular formula is C36H38N4O7. The van der Waals surface area contributed by atoms with Gasteiger partial charge in [0.2, 0.25) is 12.7 Å². The van der Waals surface area contributed by atoms with Crippen LogP contribution in [0.1, 0.15) is 58.0 Å². The molecule has 1 amide bonds. The van der Waals surface area contributed by atoms with E-state index in [4.69, 9.17) is 18.9 Å². The van der Waals surface area contributed by atoms with Crippen molar-refractivity contribution in [1.29, 1.82) is 5.26 Å². The molecule has 244 valence electrons. The quantitative estimate of drug-likeness (QED) is 0.303. The predicted molar refractivity (Wildman–Crippen MR) is 171 cm³/mol. The standard InChI is InChI=1S/C36H38N4O7/c1-18-11-22-13-24-26(15-37)40-25(31(39(24)4)29(22)32(43)33(18)44-5)14-23-30(27(40)16-38-28(42)12-21-9-7-6-8-10-21)36-35(45-17-46-36)19(2)34(23)47-20(3)41/h6-11,24-27,31,43H,12-14,16-17H2,1-5H3,(H,38,42)/t24-,25?,26-,27-,31-/m0/s1. The summed E-state index contributed by atoms with van der Waals surface area (Å²) in [4.78, 5) is 30.2. The van der Waals surface area contributed by atoms with Gasteiger partial charge in [-0.15, -0.1) is 0 Å². The van der Waals surface area contributed by atoms with Gasteiger partial charge in [-0.25, -0.2) is 0 Å². The number of methoxy groups -OCH3 is 1. The minimum Gasteiger partial charge on any atom is -0.504 e. The Balaban J connectivity index is 1.41. The van der Waals surface area contributed by atoms with E-state index in [0.29, 0.717) is 41.4 Å². The van der Waals surface area contributed by atoms with Crippen molar-refractivity contribution in [2.45, 2.75) is 70.2 Å². The van der Waals surface area contributed by atoms with Gasteiger partial charge >= 0.3 is 5.97 Å². The molecule has 2 N–H and O–H groups in total. The lowest BCUT2D eigenvalue weighted by Gasteiger charge is -2.60. The number of esters is 1. The Labute approximate surface area is 273 Å².